The van der Waals surface area contributed by atoms with Gasteiger partial charge in [-0.1, -0.05) is 32.9 Å². The smallest absolute Gasteiger partial charge is 0.0991 e. The summed E-state index contributed by atoms with van der Waals surface area (Å²) in [6, 6.07) is 18.1. The summed E-state index contributed by atoms with van der Waals surface area (Å²) in [7, 11) is 0. The van der Waals surface area contributed by atoms with E-state index in [1.54, 1.807) is 0 Å². The van der Waals surface area contributed by atoms with Crippen LogP contribution in [-0.4, -0.2) is 12.3 Å². The topological polar surface area (TPSA) is 39.4 Å². The van der Waals surface area contributed by atoms with Crippen molar-refractivity contribution in [3.05, 3.63) is 54.1 Å². The molecule has 1 heterocycles. The van der Waals surface area contributed by atoms with Gasteiger partial charge in [-0.3, -0.25) is 4.99 Å². The van der Waals surface area contributed by atoms with Crippen LogP contribution in [0.15, 0.2) is 53.5 Å². The number of aliphatic imine (C=N–C) groups is 1. The molecular weight excluding hydrogens is 270 g/mol. The fourth-order valence-corrected chi connectivity index (χ4v) is 2.55. The Balaban J connectivity index is 2.08. The second-order valence-corrected chi connectivity index (χ2v) is 6.54. The third kappa shape index (κ3) is 2.60. The van der Waals surface area contributed by atoms with Crippen LogP contribution >= 0.6 is 0 Å². The van der Waals surface area contributed by atoms with Crippen molar-refractivity contribution in [2.75, 3.05) is 11.4 Å². The van der Waals surface area contributed by atoms with Gasteiger partial charge in [-0.15, -0.1) is 0 Å². The summed E-state index contributed by atoms with van der Waals surface area (Å²) in [4.78, 5) is 7.12. The second-order valence-electron chi connectivity index (χ2n) is 6.54. The summed E-state index contributed by atoms with van der Waals surface area (Å²) in [6.07, 6.45) is 0. The number of nitriles is 1. The highest BCUT2D eigenvalue weighted by Crippen LogP contribution is 2.39. The number of para-hydroxylation sites is 2. The molecule has 0 atom stereocenters. The Morgan fingerprint density at radius 1 is 1.05 bits per heavy atom. The van der Waals surface area contributed by atoms with Crippen molar-refractivity contribution in [1.82, 2.24) is 0 Å². The average molecular weight is 289 g/mol. The monoisotopic (exact) mass is 289 g/mol. The molecule has 3 rings (SSSR count). The molecule has 0 saturated carbocycles. The summed E-state index contributed by atoms with van der Waals surface area (Å²) in [5.74, 6) is 0. The van der Waals surface area contributed by atoms with Crippen molar-refractivity contribution in [1.29, 1.82) is 5.26 Å². The quantitative estimate of drug-likeness (QED) is 0.754. The lowest BCUT2D eigenvalue weighted by Gasteiger charge is -2.35. The van der Waals surface area contributed by atoms with Crippen LogP contribution in [0.2, 0.25) is 0 Å². The van der Waals surface area contributed by atoms with Crippen molar-refractivity contribution in [2.45, 2.75) is 20.8 Å². The lowest BCUT2D eigenvalue weighted by Crippen LogP contribution is -2.35. The van der Waals surface area contributed by atoms with E-state index in [4.69, 9.17) is 10.3 Å². The van der Waals surface area contributed by atoms with Crippen molar-refractivity contribution in [2.24, 2.45) is 10.4 Å². The molecule has 0 aliphatic carbocycles. The lowest BCUT2D eigenvalue weighted by molar-refractivity contribution is 0.581. The minimum absolute atomic E-state index is 0.0262. The molecule has 2 aromatic carbocycles. The molecule has 0 amide bonds. The highest BCUT2D eigenvalue weighted by atomic mass is 15.2. The number of nitrogens with zero attached hydrogens (tertiary/aromatic N) is 3. The second kappa shape index (κ2) is 5.31. The largest absolute Gasteiger partial charge is 0.334 e. The van der Waals surface area contributed by atoms with Gasteiger partial charge in [0.2, 0.25) is 0 Å². The molecule has 0 spiro atoms. The van der Waals surface area contributed by atoms with Gasteiger partial charge in [0.1, 0.15) is 0 Å². The SMILES string of the molecule is CC(C)(C)C1=Nc2ccccc2N(c2ccc(C#N)cc2)C1. The van der Waals surface area contributed by atoms with Crippen LogP contribution < -0.4 is 4.90 Å². The summed E-state index contributed by atoms with van der Waals surface area (Å²) in [5, 5.41) is 8.96. The maximum absolute atomic E-state index is 8.96. The Morgan fingerprint density at radius 3 is 2.36 bits per heavy atom. The normalized spacial score (nSPS) is 14.1. The standard InChI is InChI=1S/C19H19N3/c1-19(2,3)18-13-22(15-10-8-14(12-20)9-11-15)17-7-5-4-6-16(17)21-18/h4-11H,13H2,1-3H3. The van der Waals surface area contributed by atoms with Gasteiger partial charge in [-0.25, -0.2) is 0 Å². The van der Waals surface area contributed by atoms with Crippen LogP contribution in [0.4, 0.5) is 17.1 Å². The lowest BCUT2D eigenvalue weighted by atomic mass is 9.88. The Bertz CT molecular complexity index is 759. The number of rotatable bonds is 1. The molecule has 1 aliphatic heterocycles. The molecule has 110 valence electrons. The van der Waals surface area contributed by atoms with Gasteiger partial charge in [0.05, 0.1) is 29.6 Å². The van der Waals surface area contributed by atoms with Gasteiger partial charge < -0.3 is 4.90 Å². The van der Waals surface area contributed by atoms with E-state index in [0.717, 1.165) is 29.3 Å². The molecule has 0 fully saturated rings. The average Bonchev–Trinajstić information content (AvgIpc) is 2.53. The Kier molecular flexibility index (Phi) is 3.46. The van der Waals surface area contributed by atoms with Gasteiger partial charge in [-0.05, 0) is 36.4 Å². The molecule has 3 heteroatoms. The van der Waals surface area contributed by atoms with Gasteiger partial charge >= 0.3 is 0 Å². The van der Waals surface area contributed by atoms with Crippen LogP contribution in [-0.2, 0) is 0 Å². The molecule has 2 aromatic rings. The number of hydrogen-bond acceptors (Lipinski definition) is 3. The number of anilines is 2. The molecular formula is C19H19N3. The maximum Gasteiger partial charge on any atom is 0.0991 e. The Labute approximate surface area is 131 Å². The molecule has 3 nitrogen and oxygen atoms in total. The first kappa shape index (κ1) is 14.3. The van der Waals surface area contributed by atoms with E-state index in [0.29, 0.717) is 5.56 Å². The van der Waals surface area contributed by atoms with Crippen molar-refractivity contribution in [3.63, 3.8) is 0 Å². The molecule has 1 aliphatic rings. The minimum Gasteiger partial charge on any atom is -0.334 e. The predicted molar refractivity (Wildman–Crippen MR) is 91.2 cm³/mol. The van der Waals surface area contributed by atoms with Crippen molar-refractivity contribution >= 4 is 22.8 Å². The molecule has 0 aromatic heterocycles. The molecule has 22 heavy (non-hydrogen) atoms. The molecule has 0 N–H and O–H groups in total. The van der Waals surface area contributed by atoms with Crippen LogP contribution in [0.25, 0.3) is 0 Å². The van der Waals surface area contributed by atoms with Gasteiger partial charge in [0.25, 0.3) is 0 Å². The summed E-state index contributed by atoms with van der Waals surface area (Å²) < 4.78 is 0. The van der Waals surface area contributed by atoms with Gasteiger partial charge in [0.15, 0.2) is 0 Å². The van der Waals surface area contributed by atoms with E-state index in [1.165, 1.54) is 0 Å². The fourth-order valence-electron chi connectivity index (χ4n) is 2.55. The maximum atomic E-state index is 8.96. The molecule has 0 radical (unpaired) electrons. The zero-order chi connectivity index (χ0) is 15.7. The van der Waals surface area contributed by atoms with Crippen molar-refractivity contribution < 1.29 is 0 Å². The van der Waals surface area contributed by atoms with E-state index in [1.807, 2.05) is 36.4 Å². The van der Waals surface area contributed by atoms with Crippen LogP contribution in [0, 0.1) is 16.7 Å². The van der Waals surface area contributed by atoms with Gasteiger partial charge in [-0.2, -0.15) is 5.26 Å². The van der Waals surface area contributed by atoms with Crippen LogP contribution in [0.1, 0.15) is 26.3 Å². The first-order valence-corrected chi connectivity index (χ1v) is 7.44. The zero-order valence-corrected chi connectivity index (χ0v) is 13.2. The van der Waals surface area contributed by atoms with E-state index >= 15 is 0 Å². The Morgan fingerprint density at radius 2 is 1.73 bits per heavy atom. The summed E-state index contributed by atoms with van der Waals surface area (Å²) >= 11 is 0. The van der Waals surface area contributed by atoms with Gasteiger partial charge in [0, 0.05) is 16.8 Å². The fraction of sp³-hybridized carbons (Fsp3) is 0.263. The third-order valence-electron chi connectivity index (χ3n) is 3.91. The van der Waals surface area contributed by atoms with E-state index in [2.05, 4.69) is 43.9 Å². The molecule has 0 saturated heterocycles. The van der Waals surface area contributed by atoms with Crippen molar-refractivity contribution in [3.8, 4) is 6.07 Å². The molecule has 0 bridgehead atoms. The summed E-state index contributed by atoms with van der Waals surface area (Å²) in [6.45, 7) is 7.34. The predicted octanol–water partition coefficient (Wildman–Crippen LogP) is 4.83. The highest BCUT2D eigenvalue weighted by molar-refractivity contribution is 6.01. The minimum atomic E-state index is 0.0262. The first-order chi connectivity index (χ1) is 10.5. The summed E-state index contributed by atoms with van der Waals surface area (Å²) in [5.41, 5.74) is 5.07. The third-order valence-corrected chi connectivity index (χ3v) is 3.91. The first-order valence-electron chi connectivity index (χ1n) is 7.44. The van der Waals surface area contributed by atoms with E-state index < -0.39 is 0 Å². The van der Waals surface area contributed by atoms with Crippen LogP contribution in [0.5, 0.6) is 0 Å². The van der Waals surface area contributed by atoms with E-state index in [-0.39, 0.29) is 5.41 Å². The van der Waals surface area contributed by atoms with E-state index in [9.17, 15) is 0 Å². The molecule has 0 unspecified atom stereocenters. The highest BCUT2D eigenvalue weighted by Gasteiger charge is 2.27. The number of fused-ring (bicyclic) bond motifs is 1. The Hall–Kier alpha value is -2.60. The number of benzene rings is 2. The van der Waals surface area contributed by atoms with Crippen LogP contribution in [0.3, 0.4) is 0 Å². The number of hydrogen-bond donors (Lipinski definition) is 0. The zero-order valence-electron chi connectivity index (χ0n) is 13.2.